The van der Waals surface area contributed by atoms with Gasteiger partial charge in [0.2, 0.25) is 5.91 Å². The molecule has 25 heavy (non-hydrogen) atoms. The number of rotatable bonds is 16. The maximum atomic E-state index is 11.6. The van der Waals surface area contributed by atoms with Gasteiger partial charge in [-0.3, -0.25) is 4.79 Å². The first kappa shape index (κ1) is 27.3. The average Bonchev–Trinajstić information content (AvgIpc) is 2.51. The molecule has 0 fully saturated rings. The molecule has 0 bridgehead atoms. The maximum absolute atomic E-state index is 11.6. The summed E-state index contributed by atoms with van der Waals surface area (Å²) in [6.45, 7) is 2.21. The number of hydrogen-bond donors (Lipinski definition) is 2. The Kier molecular flexibility index (Phi) is 20.5. The molecule has 0 aromatic rings. The van der Waals surface area contributed by atoms with Crippen LogP contribution in [0, 0.1) is 0 Å². The predicted octanol–water partition coefficient (Wildman–Crippen LogP) is -0.599. The van der Waals surface area contributed by atoms with E-state index in [4.69, 9.17) is 5.11 Å². The van der Waals surface area contributed by atoms with Crippen LogP contribution in [0.25, 0.3) is 0 Å². The third kappa shape index (κ3) is 18.6. The Bertz CT molecular complexity index is 376. The molecule has 0 saturated carbocycles. The van der Waals surface area contributed by atoms with E-state index in [2.05, 4.69) is 12.2 Å². The van der Waals surface area contributed by atoms with Crippen molar-refractivity contribution in [2.75, 3.05) is 0 Å². The van der Waals surface area contributed by atoms with Crippen LogP contribution in [0.1, 0.15) is 90.4 Å². The van der Waals surface area contributed by atoms with Crippen LogP contribution in [0.15, 0.2) is 0 Å². The molecule has 6 nitrogen and oxygen atoms in total. The van der Waals surface area contributed by atoms with Crippen molar-refractivity contribution in [3.8, 4) is 0 Å². The molecular formula is C18H32KNO5. The quantitative estimate of drug-likeness (QED) is 0.274. The second kappa shape index (κ2) is 18.8. The number of aliphatic carboxylic acids is 2. The van der Waals surface area contributed by atoms with Gasteiger partial charge < -0.3 is 20.3 Å². The van der Waals surface area contributed by atoms with E-state index in [-0.39, 0.29) is 57.8 Å². The van der Waals surface area contributed by atoms with E-state index in [9.17, 15) is 19.5 Å². The molecule has 0 aliphatic carbocycles. The monoisotopic (exact) mass is 381 g/mol. The minimum absolute atomic E-state index is 0. The number of amides is 1. The van der Waals surface area contributed by atoms with Gasteiger partial charge in [-0.25, -0.2) is 4.79 Å². The molecule has 1 amide bonds. The predicted molar refractivity (Wildman–Crippen MR) is 90.3 cm³/mol. The molecule has 0 aliphatic rings. The molecule has 140 valence electrons. The summed E-state index contributed by atoms with van der Waals surface area (Å²) >= 11 is 0. The number of unbranched alkanes of at least 4 members (excludes halogenated alkanes) is 10. The molecule has 2 N–H and O–H groups in total. The second-order valence-electron chi connectivity index (χ2n) is 6.32. The van der Waals surface area contributed by atoms with Crippen LogP contribution < -0.4 is 61.8 Å². The van der Waals surface area contributed by atoms with Gasteiger partial charge >= 0.3 is 57.4 Å². The molecule has 1 atom stereocenters. The minimum atomic E-state index is -1.49. The summed E-state index contributed by atoms with van der Waals surface area (Å²) in [4.78, 5) is 32.9. The summed E-state index contributed by atoms with van der Waals surface area (Å²) in [5.74, 6) is -3.26. The molecule has 0 rings (SSSR count). The number of hydrogen-bond acceptors (Lipinski definition) is 4. The largest absolute Gasteiger partial charge is 1.00 e. The van der Waals surface area contributed by atoms with Crippen LogP contribution in [0.3, 0.4) is 0 Å². The van der Waals surface area contributed by atoms with Crippen LogP contribution in [-0.4, -0.2) is 29.0 Å². The molecule has 0 radical (unpaired) electrons. The molecule has 0 aromatic carbocycles. The number of nitrogens with one attached hydrogen (secondary N) is 1. The van der Waals surface area contributed by atoms with Gasteiger partial charge in [0.05, 0.1) is 0 Å². The molecule has 0 aromatic heterocycles. The van der Waals surface area contributed by atoms with Crippen molar-refractivity contribution in [2.24, 2.45) is 0 Å². The fourth-order valence-electron chi connectivity index (χ4n) is 2.58. The zero-order valence-corrected chi connectivity index (χ0v) is 19.0. The van der Waals surface area contributed by atoms with Gasteiger partial charge in [0.1, 0.15) is 6.04 Å². The van der Waals surface area contributed by atoms with Gasteiger partial charge in [0, 0.05) is 18.8 Å². The molecular weight excluding hydrogens is 349 g/mol. The first-order valence-corrected chi connectivity index (χ1v) is 9.19. The number of carbonyl (C=O) groups is 3. The average molecular weight is 382 g/mol. The Morgan fingerprint density at radius 3 is 1.72 bits per heavy atom. The fraction of sp³-hybridized carbons (Fsp3) is 0.833. The SMILES string of the molecule is CCCCCCCCCCCCCC(=O)N[C@@H](CC(=O)[O-])C(=O)O.[K+]. The van der Waals surface area contributed by atoms with E-state index >= 15 is 0 Å². The van der Waals surface area contributed by atoms with Crippen molar-refractivity contribution in [3.63, 3.8) is 0 Å². The topological polar surface area (TPSA) is 107 Å². The Hall–Kier alpha value is 0.0464. The zero-order valence-electron chi connectivity index (χ0n) is 15.8. The van der Waals surface area contributed by atoms with Crippen molar-refractivity contribution >= 4 is 17.8 Å². The summed E-state index contributed by atoms with van der Waals surface area (Å²) in [5.41, 5.74) is 0. The summed E-state index contributed by atoms with van der Waals surface area (Å²) in [6.07, 6.45) is 12.4. The van der Waals surface area contributed by atoms with Gasteiger partial charge in [0.15, 0.2) is 0 Å². The molecule has 0 saturated heterocycles. The van der Waals surface area contributed by atoms with E-state index in [1.54, 1.807) is 0 Å². The molecule has 7 heteroatoms. The van der Waals surface area contributed by atoms with Crippen LogP contribution >= 0.6 is 0 Å². The first-order chi connectivity index (χ1) is 11.5. The third-order valence-electron chi connectivity index (χ3n) is 4.01. The van der Waals surface area contributed by atoms with Crippen LogP contribution in [0.2, 0.25) is 0 Å². The van der Waals surface area contributed by atoms with Crippen LogP contribution in [-0.2, 0) is 14.4 Å². The Morgan fingerprint density at radius 1 is 0.880 bits per heavy atom. The second-order valence-corrected chi connectivity index (χ2v) is 6.32. The van der Waals surface area contributed by atoms with Crippen molar-refractivity contribution in [2.45, 2.75) is 96.4 Å². The van der Waals surface area contributed by atoms with Crippen molar-refractivity contribution < 1.29 is 76.0 Å². The molecule has 0 spiro atoms. The summed E-state index contributed by atoms with van der Waals surface area (Å²) in [7, 11) is 0. The Morgan fingerprint density at radius 2 is 1.32 bits per heavy atom. The van der Waals surface area contributed by atoms with E-state index in [0.717, 1.165) is 19.3 Å². The number of carbonyl (C=O) groups excluding carboxylic acids is 2. The molecule has 0 heterocycles. The third-order valence-corrected chi connectivity index (χ3v) is 4.01. The van der Waals surface area contributed by atoms with Crippen molar-refractivity contribution in [1.29, 1.82) is 0 Å². The summed E-state index contributed by atoms with van der Waals surface area (Å²) < 4.78 is 0. The fourth-order valence-corrected chi connectivity index (χ4v) is 2.58. The normalized spacial score (nSPS) is 11.4. The van der Waals surface area contributed by atoms with Crippen molar-refractivity contribution in [3.05, 3.63) is 0 Å². The Balaban J connectivity index is 0. The standard InChI is InChI=1S/C18H33NO5.K/c1-2-3-4-5-6-7-8-9-10-11-12-13-16(20)19-15(18(23)24)14-17(21)22;/h15H,2-14H2,1H3,(H,19,20)(H,21,22)(H,23,24);/q;+1/p-1/t15-;/m0./s1. The van der Waals surface area contributed by atoms with E-state index < -0.39 is 30.3 Å². The Labute approximate surface area is 193 Å². The van der Waals surface area contributed by atoms with Gasteiger partial charge in [-0.05, 0) is 6.42 Å². The summed E-state index contributed by atoms with van der Waals surface area (Å²) in [6, 6.07) is -1.41. The van der Waals surface area contributed by atoms with Gasteiger partial charge in [-0.2, -0.15) is 0 Å². The summed E-state index contributed by atoms with van der Waals surface area (Å²) in [5, 5.41) is 21.5. The first-order valence-electron chi connectivity index (χ1n) is 9.19. The van der Waals surface area contributed by atoms with E-state index in [0.29, 0.717) is 6.42 Å². The molecule has 0 unspecified atom stereocenters. The van der Waals surface area contributed by atoms with E-state index in [1.165, 1.54) is 44.9 Å². The number of carboxylic acid groups (broad SMARTS) is 2. The zero-order chi connectivity index (χ0) is 18.2. The smallest absolute Gasteiger partial charge is 0.550 e. The van der Waals surface area contributed by atoms with Crippen LogP contribution in [0.4, 0.5) is 0 Å². The number of carboxylic acids is 2. The minimum Gasteiger partial charge on any atom is -0.550 e. The van der Waals surface area contributed by atoms with E-state index in [1.807, 2.05) is 0 Å². The van der Waals surface area contributed by atoms with Gasteiger partial charge in [-0.1, -0.05) is 71.1 Å². The molecule has 0 aliphatic heterocycles. The van der Waals surface area contributed by atoms with Crippen LogP contribution in [0.5, 0.6) is 0 Å². The van der Waals surface area contributed by atoms with Crippen molar-refractivity contribution in [1.82, 2.24) is 5.32 Å². The maximum Gasteiger partial charge on any atom is 1.00 e. The van der Waals surface area contributed by atoms with Gasteiger partial charge in [-0.15, -0.1) is 0 Å². The van der Waals surface area contributed by atoms with Gasteiger partial charge in [0.25, 0.3) is 0 Å².